The second-order valence-electron chi connectivity index (χ2n) is 3.19. The predicted molar refractivity (Wildman–Crippen MR) is 68.8 cm³/mol. The molecule has 0 fully saturated rings. The first-order chi connectivity index (χ1) is 8.10. The van der Waals surface area contributed by atoms with Crippen molar-refractivity contribution in [1.82, 2.24) is 0 Å². The maximum absolute atomic E-state index is 11.3. The molecule has 6 nitrogen and oxygen atoms in total. The lowest BCUT2D eigenvalue weighted by Gasteiger charge is -2.22. The number of nitrogens with one attached hydrogen (secondary N) is 3. The average molecular weight is 258 g/mol. The molecular weight excluding hydrogens is 242 g/mol. The first-order valence-corrected chi connectivity index (χ1v) is 6.05. The number of anilines is 3. The fraction of sp³-hybridized carbons (Fsp3) is 0.400. The van der Waals surface area contributed by atoms with Crippen molar-refractivity contribution >= 4 is 28.1 Å². The van der Waals surface area contributed by atoms with Crippen LogP contribution >= 0.6 is 0 Å². The van der Waals surface area contributed by atoms with Gasteiger partial charge >= 0.3 is 0 Å². The Balaban J connectivity index is 3.61. The van der Waals surface area contributed by atoms with Crippen LogP contribution in [0.1, 0.15) is 0 Å². The molecule has 0 bridgehead atoms. The molecule has 0 aliphatic rings. The maximum Gasteiger partial charge on any atom is 0.146 e. The minimum Gasteiger partial charge on any atom is -0.768 e. The summed E-state index contributed by atoms with van der Waals surface area (Å²) in [6.07, 6.45) is 0. The van der Waals surface area contributed by atoms with E-state index in [0.717, 1.165) is 0 Å². The van der Waals surface area contributed by atoms with Crippen LogP contribution in [0.25, 0.3) is 0 Å². The van der Waals surface area contributed by atoms with Crippen LogP contribution in [0.15, 0.2) is 11.0 Å². The van der Waals surface area contributed by atoms with Crippen LogP contribution in [0.4, 0.5) is 17.1 Å². The van der Waals surface area contributed by atoms with Crippen LogP contribution in [0.2, 0.25) is 0 Å². The summed E-state index contributed by atoms with van der Waals surface area (Å²) in [5, 5.41) is 8.63. The van der Waals surface area contributed by atoms with Gasteiger partial charge < -0.3 is 25.2 Å². The summed E-state index contributed by atoms with van der Waals surface area (Å²) in [6, 6.07) is 1.64. The Labute approximate surface area is 103 Å². The molecule has 1 aromatic carbocycles. The number of hydrogen-bond donors (Lipinski definition) is 3. The van der Waals surface area contributed by atoms with Crippen molar-refractivity contribution in [2.24, 2.45) is 0 Å². The Morgan fingerprint density at radius 2 is 1.76 bits per heavy atom. The van der Waals surface area contributed by atoms with Crippen molar-refractivity contribution in [1.29, 1.82) is 0 Å². The average Bonchev–Trinajstić information content (AvgIpc) is 2.35. The van der Waals surface area contributed by atoms with Crippen molar-refractivity contribution < 1.29 is 13.5 Å². The fourth-order valence-corrected chi connectivity index (χ4v) is 2.36. The minimum atomic E-state index is -2.34. The first-order valence-electron chi connectivity index (χ1n) is 4.98. The van der Waals surface area contributed by atoms with Gasteiger partial charge in [0.25, 0.3) is 0 Å². The second-order valence-corrected chi connectivity index (χ2v) is 4.07. The van der Waals surface area contributed by atoms with Gasteiger partial charge in [-0.05, 0) is 11.1 Å². The summed E-state index contributed by atoms with van der Waals surface area (Å²) in [5.41, 5.74) is 1.57. The van der Waals surface area contributed by atoms with Gasteiger partial charge in [-0.15, -0.1) is 0 Å². The highest BCUT2D eigenvalue weighted by molar-refractivity contribution is 7.79. The standard InChI is InChI=1S/C10H17N3O3S/c1-11-6-5-7(16-4)8(12-2)9(13-3)10(6)17(14)15/h5,11-13H,1-4H3,(H,14,15)/p-1. The molecule has 17 heavy (non-hydrogen) atoms. The molecular formula is C10H16N3O3S-. The van der Waals surface area contributed by atoms with Gasteiger partial charge in [0.1, 0.15) is 11.4 Å². The van der Waals surface area contributed by atoms with E-state index in [4.69, 9.17) is 4.74 Å². The van der Waals surface area contributed by atoms with E-state index >= 15 is 0 Å². The predicted octanol–water partition coefficient (Wildman–Crippen LogP) is 1.06. The normalized spacial score (nSPS) is 11.8. The monoisotopic (exact) mass is 258 g/mol. The van der Waals surface area contributed by atoms with Crippen molar-refractivity contribution in [2.45, 2.75) is 4.90 Å². The molecule has 1 atom stereocenters. The van der Waals surface area contributed by atoms with Crippen LogP contribution in [0.3, 0.4) is 0 Å². The lowest BCUT2D eigenvalue weighted by molar-refractivity contribution is 0.416. The molecule has 1 rings (SSSR count). The van der Waals surface area contributed by atoms with E-state index in [9.17, 15) is 8.76 Å². The molecule has 7 heteroatoms. The van der Waals surface area contributed by atoms with Gasteiger partial charge in [-0.25, -0.2) is 0 Å². The van der Waals surface area contributed by atoms with Crippen molar-refractivity contribution in [2.75, 3.05) is 44.2 Å². The molecule has 0 amide bonds. The number of methoxy groups -OCH3 is 1. The molecule has 3 N–H and O–H groups in total. The smallest absolute Gasteiger partial charge is 0.146 e. The third kappa shape index (κ3) is 2.45. The molecule has 0 heterocycles. The van der Waals surface area contributed by atoms with Gasteiger partial charge in [0.15, 0.2) is 0 Å². The Bertz CT molecular complexity index is 437. The largest absolute Gasteiger partial charge is 0.768 e. The van der Waals surface area contributed by atoms with Gasteiger partial charge in [-0.2, -0.15) is 0 Å². The highest BCUT2D eigenvalue weighted by atomic mass is 32.2. The van der Waals surface area contributed by atoms with Crippen LogP contribution in [-0.2, 0) is 11.1 Å². The summed E-state index contributed by atoms with van der Waals surface area (Å²) < 4.78 is 27.8. The third-order valence-corrected chi connectivity index (χ3v) is 3.16. The van der Waals surface area contributed by atoms with E-state index in [1.54, 1.807) is 27.2 Å². The highest BCUT2D eigenvalue weighted by Gasteiger charge is 2.17. The molecule has 0 saturated carbocycles. The Morgan fingerprint density at radius 1 is 1.18 bits per heavy atom. The molecule has 1 unspecified atom stereocenters. The summed E-state index contributed by atoms with van der Waals surface area (Å²) in [4.78, 5) is 0.181. The fourth-order valence-electron chi connectivity index (χ4n) is 1.65. The third-order valence-electron chi connectivity index (χ3n) is 2.40. The summed E-state index contributed by atoms with van der Waals surface area (Å²) >= 11 is -2.34. The Hall–Kier alpha value is -1.47. The summed E-state index contributed by atoms with van der Waals surface area (Å²) in [6.45, 7) is 0. The quantitative estimate of drug-likeness (QED) is 0.685. The summed E-state index contributed by atoms with van der Waals surface area (Å²) in [5.74, 6) is 0.565. The number of hydrogen-bond acceptors (Lipinski definition) is 6. The molecule has 0 radical (unpaired) electrons. The SMILES string of the molecule is CNc1cc(OC)c(NC)c(NC)c1S(=O)[O-]. The second kappa shape index (κ2) is 5.74. The van der Waals surface area contributed by atoms with E-state index in [-0.39, 0.29) is 4.90 Å². The molecule has 0 saturated heterocycles. The van der Waals surface area contributed by atoms with E-state index < -0.39 is 11.1 Å². The van der Waals surface area contributed by atoms with Crippen LogP contribution in [-0.4, -0.2) is 37.0 Å². The van der Waals surface area contributed by atoms with E-state index in [2.05, 4.69) is 16.0 Å². The van der Waals surface area contributed by atoms with Gasteiger partial charge in [-0.3, -0.25) is 4.21 Å². The van der Waals surface area contributed by atoms with Crippen LogP contribution in [0.5, 0.6) is 5.75 Å². The molecule has 0 aliphatic carbocycles. The van der Waals surface area contributed by atoms with Crippen molar-refractivity contribution in [3.63, 3.8) is 0 Å². The zero-order chi connectivity index (χ0) is 13.0. The zero-order valence-corrected chi connectivity index (χ0v) is 11.0. The van der Waals surface area contributed by atoms with E-state index in [0.29, 0.717) is 22.8 Å². The molecule has 0 aromatic heterocycles. The van der Waals surface area contributed by atoms with Crippen LogP contribution in [0, 0.1) is 0 Å². The van der Waals surface area contributed by atoms with E-state index in [1.807, 2.05) is 0 Å². The maximum atomic E-state index is 11.3. The molecule has 96 valence electrons. The minimum absolute atomic E-state index is 0.181. The van der Waals surface area contributed by atoms with Crippen molar-refractivity contribution in [3.05, 3.63) is 6.07 Å². The Morgan fingerprint density at radius 3 is 2.12 bits per heavy atom. The lowest BCUT2D eigenvalue weighted by Crippen LogP contribution is -2.07. The van der Waals surface area contributed by atoms with Gasteiger partial charge in [0.2, 0.25) is 0 Å². The molecule has 0 spiro atoms. The molecule has 1 aromatic rings. The van der Waals surface area contributed by atoms with Crippen LogP contribution < -0.4 is 20.7 Å². The van der Waals surface area contributed by atoms with Gasteiger partial charge in [0.05, 0.1) is 23.4 Å². The van der Waals surface area contributed by atoms with Crippen molar-refractivity contribution in [3.8, 4) is 5.75 Å². The summed E-state index contributed by atoms with van der Waals surface area (Å²) in [7, 11) is 6.55. The number of benzene rings is 1. The van der Waals surface area contributed by atoms with E-state index in [1.165, 1.54) is 7.11 Å². The first kappa shape index (κ1) is 13.6. The lowest BCUT2D eigenvalue weighted by atomic mass is 10.2. The topological polar surface area (TPSA) is 85.5 Å². The molecule has 0 aliphatic heterocycles. The zero-order valence-electron chi connectivity index (χ0n) is 10.2. The van der Waals surface area contributed by atoms with Gasteiger partial charge in [-0.1, -0.05) is 0 Å². The van der Waals surface area contributed by atoms with Gasteiger partial charge in [0, 0.05) is 27.2 Å². The Kier molecular flexibility index (Phi) is 4.59. The highest BCUT2D eigenvalue weighted by Crippen LogP contribution is 2.41. The number of rotatable bonds is 5. The number of ether oxygens (including phenoxy) is 1.